The van der Waals surface area contributed by atoms with Crippen LogP contribution in [0.15, 0.2) is 78.9 Å². The molecule has 0 fully saturated rings. The first-order valence-electron chi connectivity index (χ1n) is 14.8. The molecule has 3 rings (SSSR count). The minimum atomic E-state index is -0.810. The first-order chi connectivity index (χ1) is 21.2. The average Bonchev–Trinajstić information content (AvgIpc) is 2.99. The van der Waals surface area contributed by atoms with Crippen molar-refractivity contribution in [2.45, 2.75) is 45.6 Å². The van der Waals surface area contributed by atoms with Crippen molar-refractivity contribution in [3.8, 4) is 5.75 Å². The largest absolute Gasteiger partial charge is 0.487 e. The van der Waals surface area contributed by atoms with Crippen LogP contribution in [0.3, 0.4) is 0 Å². The van der Waals surface area contributed by atoms with E-state index < -0.39 is 17.8 Å². The molecule has 0 aliphatic heterocycles. The Hall–Kier alpha value is -3.96. The third-order valence-electron chi connectivity index (χ3n) is 6.36. The highest BCUT2D eigenvalue weighted by Crippen LogP contribution is 2.29. The fourth-order valence-electron chi connectivity index (χ4n) is 4.27. The van der Waals surface area contributed by atoms with Gasteiger partial charge in [-0.05, 0) is 49.6 Å². The molecule has 3 aromatic rings. The molecule has 0 aliphatic carbocycles. The highest BCUT2D eigenvalue weighted by Gasteiger charge is 2.17. The number of aliphatic hydroxyl groups is 1. The van der Waals surface area contributed by atoms with E-state index in [0.717, 1.165) is 11.1 Å². The summed E-state index contributed by atoms with van der Waals surface area (Å²) in [6, 6.07) is 25.1. The van der Waals surface area contributed by atoms with Crippen LogP contribution in [0.2, 0.25) is 0 Å². The molecule has 2 amide bonds. The SMILES string of the molecule is CC(C)(C)OC(=O)NCCOCCOCCN(Cc1ccccc1)CC(O)c1ccc(OCc2ccccc2)c(NC=O)c1. The maximum Gasteiger partial charge on any atom is 0.407 e. The highest BCUT2D eigenvalue weighted by molar-refractivity contribution is 5.76. The first-order valence-corrected chi connectivity index (χ1v) is 14.8. The molecule has 0 aromatic heterocycles. The molecule has 238 valence electrons. The van der Waals surface area contributed by atoms with Gasteiger partial charge < -0.3 is 34.7 Å². The summed E-state index contributed by atoms with van der Waals surface area (Å²) in [6.07, 6.45) is -0.683. The van der Waals surface area contributed by atoms with Crippen LogP contribution in [0, 0.1) is 0 Å². The smallest absolute Gasteiger partial charge is 0.407 e. The Morgan fingerprint density at radius 2 is 1.57 bits per heavy atom. The summed E-state index contributed by atoms with van der Waals surface area (Å²) >= 11 is 0. The molecule has 0 heterocycles. The fourth-order valence-corrected chi connectivity index (χ4v) is 4.27. The van der Waals surface area contributed by atoms with E-state index in [9.17, 15) is 14.7 Å². The van der Waals surface area contributed by atoms with Crippen LogP contribution >= 0.6 is 0 Å². The number of benzene rings is 3. The molecule has 0 saturated heterocycles. The molecule has 0 aliphatic rings. The number of carbonyl (C=O) groups excluding carboxylic acids is 2. The Balaban J connectivity index is 1.48. The standard InChI is InChI=1S/C34H45N3O7/c1-34(2,3)44-33(40)35-16-18-41-20-21-42-19-17-37(23-27-10-6-4-7-11-27)24-31(39)29-14-15-32(30(22-29)36-26-38)43-25-28-12-8-5-9-13-28/h4-15,22,26,31,39H,16-21,23-25H2,1-3H3,(H,35,40)(H,36,38). The quantitative estimate of drug-likeness (QED) is 0.130. The van der Waals surface area contributed by atoms with Gasteiger partial charge in [0, 0.05) is 26.2 Å². The van der Waals surface area contributed by atoms with Crippen LogP contribution in [0.1, 0.15) is 43.6 Å². The maximum atomic E-state index is 11.7. The number of nitrogens with one attached hydrogen (secondary N) is 2. The van der Waals surface area contributed by atoms with Gasteiger partial charge in [-0.15, -0.1) is 0 Å². The predicted octanol–water partition coefficient (Wildman–Crippen LogP) is 4.93. The fraction of sp³-hybridized carbons (Fsp3) is 0.412. The monoisotopic (exact) mass is 607 g/mol. The van der Waals surface area contributed by atoms with Crippen molar-refractivity contribution in [1.82, 2.24) is 10.2 Å². The molecule has 10 nitrogen and oxygen atoms in total. The lowest BCUT2D eigenvalue weighted by atomic mass is 10.1. The first kappa shape index (κ1) is 34.5. The number of hydrogen-bond donors (Lipinski definition) is 3. The Kier molecular flexibility index (Phi) is 14.6. The van der Waals surface area contributed by atoms with Crippen molar-refractivity contribution in [2.75, 3.05) is 51.4 Å². The number of aliphatic hydroxyl groups excluding tert-OH is 1. The lowest BCUT2D eigenvalue weighted by Crippen LogP contribution is -2.34. The lowest BCUT2D eigenvalue weighted by Gasteiger charge is -2.26. The molecule has 0 radical (unpaired) electrons. The van der Waals surface area contributed by atoms with Gasteiger partial charge in [0.15, 0.2) is 0 Å². The third-order valence-corrected chi connectivity index (χ3v) is 6.36. The predicted molar refractivity (Wildman–Crippen MR) is 169 cm³/mol. The Bertz CT molecular complexity index is 1250. The van der Waals surface area contributed by atoms with Crippen LogP contribution in [-0.2, 0) is 32.2 Å². The van der Waals surface area contributed by atoms with E-state index in [2.05, 4.69) is 15.5 Å². The molecular formula is C34H45N3O7. The van der Waals surface area contributed by atoms with Gasteiger partial charge in [-0.2, -0.15) is 0 Å². The van der Waals surface area contributed by atoms with E-state index in [1.54, 1.807) is 12.1 Å². The zero-order valence-corrected chi connectivity index (χ0v) is 25.9. The van der Waals surface area contributed by atoms with Crippen LogP contribution in [0.4, 0.5) is 10.5 Å². The van der Waals surface area contributed by atoms with E-state index in [1.807, 2.05) is 87.5 Å². The average molecular weight is 608 g/mol. The molecule has 3 N–H and O–H groups in total. The van der Waals surface area contributed by atoms with Crippen molar-refractivity contribution >= 4 is 18.2 Å². The van der Waals surface area contributed by atoms with Crippen molar-refractivity contribution in [1.29, 1.82) is 0 Å². The van der Waals surface area contributed by atoms with Gasteiger partial charge >= 0.3 is 6.09 Å². The Morgan fingerprint density at radius 3 is 2.23 bits per heavy atom. The number of rotatable bonds is 19. The van der Waals surface area contributed by atoms with Crippen LogP contribution in [0.5, 0.6) is 5.75 Å². The number of nitrogens with zero attached hydrogens (tertiary/aromatic N) is 1. The zero-order valence-electron chi connectivity index (χ0n) is 25.9. The summed E-state index contributed by atoms with van der Waals surface area (Å²) in [7, 11) is 0. The summed E-state index contributed by atoms with van der Waals surface area (Å²) in [5, 5.41) is 16.5. The van der Waals surface area contributed by atoms with Crippen molar-refractivity contribution in [2.24, 2.45) is 0 Å². The van der Waals surface area contributed by atoms with Gasteiger partial charge in [0.2, 0.25) is 6.41 Å². The molecule has 1 unspecified atom stereocenters. The van der Waals surface area contributed by atoms with Crippen LogP contribution in [0.25, 0.3) is 0 Å². The van der Waals surface area contributed by atoms with E-state index in [-0.39, 0.29) is 0 Å². The second-order valence-corrected chi connectivity index (χ2v) is 11.2. The number of anilines is 1. The topological polar surface area (TPSA) is 119 Å². The lowest BCUT2D eigenvalue weighted by molar-refractivity contribution is -0.105. The van der Waals surface area contributed by atoms with Crippen molar-refractivity contribution in [3.05, 3.63) is 95.6 Å². The van der Waals surface area contributed by atoms with E-state index in [4.69, 9.17) is 18.9 Å². The molecule has 10 heteroatoms. The van der Waals surface area contributed by atoms with Gasteiger partial charge in [-0.25, -0.2) is 4.79 Å². The van der Waals surface area contributed by atoms with Crippen LogP contribution in [-0.4, -0.2) is 74.2 Å². The van der Waals surface area contributed by atoms with Crippen LogP contribution < -0.4 is 15.4 Å². The maximum absolute atomic E-state index is 11.7. The third kappa shape index (κ3) is 13.6. The highest BCUT2D eigenvalue weighted by atomic mass is 16.6. The van der Waals surface area contributed by atoms with Gasteiger partial charge in [0.05, 0.1) is 38.2 Å². The Labute approximate surface area is 260 Å². The molecule has 0 spiro atoms. The van der Waals surface area contributed by atoms with E-state index in [0.29, 0.717) is 82.6 Å². The van der Waals surface area contributed by atoms with Gasteiger partial charge in [-0.3, -0.25) is 9.69 Å². The van der Waals surface area contributed by atoms with Gasteiger partial charge in [0.25, 0.3) is 0 Å². The van der Waals surface area contributed by atoms with E-state index in [1.165, 1.54) is 0 Å². The number of amides is 2. The minimum absolute atomic E-state index is 0.349. The van der Waals surface area contributed by atoms with Gasteiger partial charge in [-0.1, -0.05) is 66.7 Å². The second kappa shape index (κ2) is 18.6. The van der Waals surface area contributed by atoms with E-state index >= 15 is 0 Å². The zero-order chi connectivity index (χ0) is 31.6. The molecule has 0 bridgehead atoms. The normalized spacial score (nSPS) is 12.0. The summed E-state index contributed by atoms with van der Waals surface area (Å²) in [5.41, 5.74) is 2.74. The molecule has 44 heavy (non-hydrogen) atoms. The summed E-state index contributed by atoms with van der Waals surface area (Å²) in [5.74, 6) is 0.522. The number of alkyl carbamates (subject to hydrolysis) is 1. The number of ether oxygens (including phenoxy) is 4. The molecule has 3 aromatic carbocycles. The molecule has 1 atom stereocenters. The number of hydrogen-bond acceptors (Lipinski definition) is 8. The molecule has 0 saturated carbocycles. The van der Waals surface area contributed by atoms with Gasteiger partial charge in [0.1, 0.15) is 18.0 Å². The van der Waals surface area contributed by atoms with Crippen molar-refractivity contribution < 1.29 is 33.6 Å². The second-order valence-electron chi connectivity index (χ2n) is 11.2. The molecular weight excluding hydrogens is 562 g/mol. The number of carbonyl (C=O) groups is 2. The Morgan fingerprint density at radius 1 is 0.909 bits per heavy atom. The summed E-state index contributed by atoms with van der Waals surface area (Å²) < 4.78 is 22.5. The summed E-state index contributed by atoms with van der Waals surface area (Å²) in [4.78, 5) is 25.1. The summed E-state index contributed by atoms with van der Waals surface area (Å²) in [6.45, 7) is 9.31. The minimum Gasteiger partial charge on any atom is -0.487 e. The van der Waals surface area contributed by atoms with Crippen molar-refractivity contribution in [3.63, 3.8) is 0 Å².